The standard InChI is InChI=1S/C23H26N6O/c1-16-12-18(14-19(13-16)30-3)6-7-20-21-22(25-15-26-23(21)28-27-20)24-9-8-17(2)29-10-4-5-11-29/h12-15H,2,4-5,8-11H2,1,3H3,(H2,24,25,26,27,28). The molecule has 154 valence electrons. The van der Waals surface area contributed by atoms with E-state index in [1.54, 1.807) is 7.11 Å². The summed E-state index contributed by atoms with van der Waals surface area (Å²) in [5, 5.41) is 11.5. The second-order valence-corrected chi connectivity index (χ2v) is 7.45. The van der Waals surface area contributed by atoms with Gasteiger partial charge in [-0.05, 0) is 49.4 Å². The Hall–Kier alpha value is -3.53. The molecule has 7 heteroatoms. The second kappa shape index (κ2) is 8.87. The van der Waals surface area contributed by atoms with Gasteiger partial charge in [-0.3, -0.25) is 5.10 Å². The molecule has 1 aliphatic rings. The van der Waals surface area contributed by atoms with Crippen molar-refractivity contribution < 1.29 is 4.74 Å². The number of rotatable bonds is 6. The number of aromatic nitrogens is 4. The lowest BCUT2D eigenvalue weighted by Gasteiger charge is -2.20. The van der Waals surface area contributed by atoms with Gasteiger partial charge in [0.1, 0.15) is 23.6 Å². The minimum atomic E-state index is 0.594. The van der Waals surface area contributed by atoms with Gasteiger partial charge in [0, 0.05) is 37.3 Å². The van der Waals surface area contributed by atoms with Crippen LogP contribution in [0, 0.1) is 18.8 Å². The largest absolute Gasteiger partial charge is 0.497 e. The molecule has 3 aromatic rings. The summed E-state index contributed by atoms with van der Waals surface area (Å²) in [6, 6.07) is 5.91. The normalized spacial score (nSPS) is 13.2. The quantitative estimate of drug-likeness (QED) is 0.615. The van der Waals surface area contributed by atoms with E-state index < -0.39 is 0 Å². The molecule has 1 saturated heterocycles. The zero-order valence-corrected chi connectivity index (χ0v) is 17.5. The molecule has 0 bridgehead atoms. The summed E-state index contributed by atoms with van der Waals surface area (Å²) in [6.07, 6.45) is 4.89. The minimum Gasteiger partial charge on any atom is -0.497 e. The van der Waals surface area contributed by atoms with Crippen LogP contribution in [0.1, 0.15) is 36.1 Å². The van der Waals surface area contributed by atoms with Crippen LogP contribution in [0.25, 0.3) is 11.0 Å². The number of methoxy groups -OCH3 is 1. The van der Waals surface area contributed by atoms with Crippen LogP contribution in [0.4, 0.5) is 5.82 Å². The Balaban J connectivity index is 1.53. The molecule has 1 aromatic carbocycles. The van der Waals surface area contributed by atoms with Gasteiger partial charge in [0.25, 0.3) is 0 Å². The summed E-state index contributed by atoms with van der Waals surface area (Å²) in [6.45, 7) is 9.21. The second-order valence-electron chi connectivity index (χ2n) is 7.45. The molecule has 2 N–H and O–H groups in total. The van der Waals surface area contributed by atoms with Gasteiger partial charge in [0.05, 0.1) is 12.5 Å². The van der Waals surface area contributed by atoms with Crippen molar-refractivity contribution in [2.75, 3.05) is 32.1 Å². The molecular formula is C23H26N6O. The van der Waals surface area contributed by atoms with Crippen molar-refractivity contribution in [3.63, 3.8) is 0 Å². The summed E-state index contributed by atoms with van der Waals surface area (Å²) < 4.78 is 5.33. The lowest BCUT2D eigenvalue weighted by Crippen LogP contribution is -2.19. The molecule has 30 heavy (non-hydrogen) atoms. The van der Waals surface area contributed by atoms with Crippen molar-refractivity contribution in [1.82, 2.24) is 25.1 Å². The van der Waals surface area contributed by atoms with E-state index in [4.69, 9.17) is 4.74 Å². The van der Waals surface area contributed by atoms with Gasteiger partial charge in [-0.1, -0.05) is 12.5 Å². The SMILES string of the molecule is C=C(CCNc1ncnc2n[nH]c(C#Cc3cc(C)cc(OC)c3)c12)N1CCCC1. The molecule has 3 heterocycles. The maximum atomic E-state index is 5.33. The van der Waals surface area contributed by atoms with Crippen molar-refractivity contribution in [2.24, 2.45) is 0 Å². The fourth-order valence-electron chi connectivity index (χ4n) is 3.67. The number of likely N-dealkylation sites (tertiary alicyclic amines) is 1. The molecule has 1 fully saturated rings. The number of ether oxygens (including phenoxy) is 1. The number of fused-ring (bicyclic) bond motifs is 1. The van der Waals surface area contributed by atoms with Crippen LogP contribution >= 0.6 is 0 Å². The number of aryl methyl sites for hydroxylation is 1. The van der Waals surface area contributed by atoms with Gasteiger partial charge in [-0.25, -0.2) is 9.97 Å². The number of aromatic amines is 1. The third kappa shape index (κ3) is 4.38. The topological polar surface area (TPSA) is 79.0 Å². The average Bonchev–Trinajstić information content (AvgIpc) is 3.42. The Morgan fingerprint density at radius 1 is 1.23 bits per heavy atom. The fraction of sp³-hybridized carbons (Fsp3) is 0.348. The molecule has 0 unspecified atom stereocenters. The lowest BCUT2D eigenvalue weighted by atomic mass is 10.1. The first kappa shape index (κ1) is 19.8. The van der Waals surface area contributed by atoms with Crippen LogP contribution in [0.3, 0.4) is 0 Å². The summed E-state index contributed by atoms with van der Waals surface area (Å²) in [5.41, 5.74) is 4.43. The van der Waals surface area contributed by atoms with Gasteiger partial charge < -0.3 is 15.0 Å². The lowest BCUT2D eigenvalue weighted by molar-refractivity contribution is 0.413. The number of H-pyrrole nitrogens is 1. The molecular weight excluding hydrogens is 376 g/mol. The zero-order valence-electron chi connectivity index (χ0n) is 17.5. The van der Waals surface area contributed by atoms with E-state index in [1.807, 2.05) is 25.1 Å². The highest BCUT2D eigenvalue weighted by Gasteiger charge is 2.14. The number of benzene rings is 1. The Kier molecular flexibility index (Phi) is 5.84. The molecule has 2 aromatic heterocycles. The highest BCUT2D eigenvalue weighted by atomic mass is 16.5. The van der Waals surface area contributed by atoms with Crippen molar-refractivity contribution in [1.29, 1.82) is 0 Å². The third-order valence-electron chi connectivity index (χ3n) is 5.23. The maximum Gasteiger partial charge on any atom is 0.187 e. The molecule has 1 aliphatic heterocycles. The van der Waals surface area contributed by atoms with E-state index in [-0.39, 0.29) is 0 Å². The van der Waals surface area contributed by atoms with Gasteiger partial charge in [-0.15, -0.1) is 0 Å². The summed E-state index contributed by atoms with van der Waals surface area (Å²) in [5.74, 6) is 7.89. The Bertz CT molecular complexity index is 1120. The van der Waals surface area contributed by atoms with Crippen molar-refractivity contribution in [3.05, 3.63) is 53.6 Å². The smallest absolute Gasteiger partial charge is 0.187 e. The molecule has 0 atom stereocenters. The van der Waals surface area contributed by atoms with E-state index in [2.05, 4.69) is 48.8 Å². The van der Waals surface area contributed by atoms with Crippen LogP contribution in [-0.4, -0.2) is 51.8 Å². The maximum absolute atomic E-state index is 5.33. The third-order valence-corrected chi connectivity index (χ3v) is 5.23. The van der Waals surface area contributed by atoms with Crippen LogP contribution in [0.5, 0.6) is 5.75 Å². The van der Waals surface area contributed by atoms with Crippen LogP contribution < -0.4 is 10.1 Å². The van der Waals surface area contributed by atoms with Gasteiger partial charge in [0.2, 0.25) is 0 Å². The van der Waals surface area contributed by atoms with Crippen LogP contribution in [0.15, 0.2) is 36.8 Å². The number of nitrogens with zero attached hydrogens (tertiary/aromatic N) is 4. The fourth-order valence-corrected chi connectivity index (χ4v) is 3.67. The molecule has 0 spiro atoms. The van der Waals surface area contributed by atoms with E-state index in [1.165, 1.54) is 24.9 Å². The minimum absolute atomic E-state index is 0.594. The Morgan fingerprint density at radius 2 is 2.07 bits per heavy atom. The summed E-state index contributed by atoms with van der Waals surface area (Å²) in [4.78, 5) is 11.0. The first-order valence-electron chi connectivity index (χ1n) is 10.2. The highest BCUT2D eigenvalue weighted by molar-refractivity contribution is 5.91. The molecule has 0 radical (unpaired) electrons. The molecule has 0 saturated carbocycles. The van der Waals surface area contributed by atoms with E-state index in [0.717, 1.165) is 54.1 Å². The number of anilines is 1. The Morgan fingerprint density at radius 3 is 2.87 bits per heavy atom. The zero-order chi connectivity index (χ0) is 20.9. The van der Waals surface area contributed by atoms with Crippen LogP contribution in [0.2, 0.25) is 0 Å². The highest BCUT2D eigenvalue weighted by Crippen LogP contribution is 2.22. The molecule has 0 amide bonds. The number of hydrogen-bond acceptors (Lipinski definition) is 6. The molecule has 7 nitrogen and oxygen atoms in total. The van der Waals surface area contributed by atoms with E-state index in [9.17, 15) is 0 Å². The van der Waals surface area contributed by atoms with Gasteiger partial charge in [0.15, 0.2) is 5.65 Å². The van der Waals surface area contributed by atoms with Crippen molar-refractivity contribution >= 4 is 16.9 Å². The van der Waals surface area contributed by atoms with Crippen molar-refractivity contribution in [3.8, 4) is 17.6 Å². The summed E-state index contributed by atoms with van der Waals surface area (Å²) in [7, 11) is 1.65. The number of hydrogen-bond donors (Lipinski definition) is 2. The Labute approximate surface area is 176 Å². The average molecular weight is 403 g/mol. The first-order chi connectivity index (χ1) is 14.6. The van der Waals surface area contributed by atoms with Gasteiger partial charge >= 0.3 is 0 Å². The molecule has 0 aliphatic carbocycles. The van der Waals surface area contributed by atoms with Crippen LogP contribution in [-0.2, 0) is 0 Å². The predicted octanol–water partition coefficient (Wildman–Crippen LogP) is 3.48. The van der Waals surface area contributed by atoms with E-state index in [0.29, 0.717) is 11.3 Å². The monoisotopic (exact) mass is 402 g/mol. The predicted molar refractivity (Wildman–Crippen MR) is 118 cm³/mol. The van der Waals surface area contributed by atoms with Gasteiger partial charge in [-0.2, -0.15) is 5.10 Å². The van der Waals surface area contributed by atoms with Crippen molar-refractivity contribution in [2.45, 2.75) is 26.2 Å². The summed E-state index contributed by atoms with van der Waals surface area (Å²) >= 11 is 0. The molecule has 4 rings (SSSR count). The number of nitrogens with one attached hydrogen (secondary N) is 2. The van der Waals surface area contributed by atoms with E-state index >= 15 is 0 Å². The first-order valence-corrected chi connectivity index (χ1v) is 10.2.